The number of unbranched alkanes of at least 4 members (excludes halogenated alkanes) is 1. The molecule has 1 unspecified atom stereocenters. The lowest BCUT2D eigenvalue weighted by Gasteiger charge is -2.23. The van der Waals surface area contributed by atoms with Crippen LogP contribution >= 0.6 is 21.6 Å². The van der Waals surface area contributed by atoms with Gasteiger partial charge in [0.25, 0.3) is 0 Å². The standard InChI is InChI=1S/C13H23NO3S2/c1-13(2,9-11(14)15)17-12(16)6-4-3-5-10-7-8-18-19-10/h10H,3-9H2,1-2H3,(H2,14,15). The van der Waals surface area contributed by atoms with Crippen LogP contribution in [0.4, 0.5) is 0 Å². The second-order valence-electron chi connectivity index (χ2n) is 5.45. The molecule has 1 atom stereocenters. The molecule has 0 aromatic carbocycles. The summed E-state index contributed by atoms with van der Waals surface area (Å²) in [6.45, 7) is 3.42. The fraction of sp³-hybridized carbons (Fsp3) is 0.846. The predicted molar refractivity (Wildman–Crippen MR) is 80.9 cm³/mol. The fourth-order valence-corrected chi connectivity index (χ4v) is 5.05. The van der Waals surface area contributed by atoms with E-state index in [9.17, 15) is 9.59 Å². The highest BCUT2D eigenvalue weighted by atomic mass is 33.1. The molecule has 1 aliphatic rings. The largest absolute Gasteiger partial charge is 0.459 e. The Morgan fingerprint density at radius 2 is 2.11 bits per heavy atom. The monoisotopic (exact) mass is 305 g/mol. The third-order valence-electron chi connectivity index (χ3n) is 2.87. The van der Waals surface area contributed by atoms with Gasteiger partial charge in [0.2, 0.25) is 5.91 Å². The highest BCUT2D eigenvalue weighted by molar-refractivity contribution is 8.77. The first-order valence-corrected chi connectivity index (χ1v) is 9.06. The first kappa shape index (κ1) is 16.7. The van der Waals surface area contributed by atoms with Crippen molar-refractivity contribution in [2.75, 3.05) is 5.75 Å². The maximum absolute atomic E-state index is 11.7. The molecule has 4 nitrogen and oxygen atoms in total. The van der Waals surface area contributed by atoms with Crippen LogP contribution in [0.15, 0.2) is 0 Å². The molecule has 0 spiro atoms. The topological polar surface area (TPSA) is 69.4 Å². The summed E-state index contributed by atoms with van der Waals surface area (Å²) in [7, 11) is 3.91. The molecule has 0 bridgehead atoms. The number of carbonyl (C=O) groups is 2. The van der Waals surface area contributed by atoms with Crippen LogP contribution in [-0.4, -0.2) is 28.5 Å². The van der Waals surface area contributed by atoms with Gasteiger partial charge in [0.15, 0.2) is 0 Å². The van der Waals surface area contributed by atoms with E-state index >= 15 is 0 Å². The molecule has 110 valence electrons. The van der Waals surface area contributed by atoms with Crippen LogP contribution in [0.3, 0.4) is 0 Å². The summed E-state index contributed by atoms with van der Waals surface area (Å²) in [5.74, 6) is 0.562. The summed E-state index contributed by atoms with van der Waals surface area (Å²) in [4.78, 5) is 22.5. The quantitative estimate of drug-likeness (QED) is 0.424. The SMILES string of the molecule is CC(C)(CC(N)=O)OC(=O)CCCCC1CCSS1. The average Bonchev–Trinajstić information content (AvgIpc) is 2.74. The summed E-state index contributed by atoms with van der Waals surface area (Å²) in [6.07, 6.45) is 4.86. The van der Waals surface area contributed by atoms with Gasteiger partial charge in [0, 0.05) is 17.4 Å². The Balaban J connectivity index is 2.11. The van der Waals surface area contributed by atoms with Gasteiger partial charge in [-0.2, -0.15) is 0 Å². The van der Waals surface area contributed by atoms with Gasteiger partial charge in [-0.3, -0.25) is 9.59 Å². The van der Waals surface area contributed by atoms with Gasteiger partial charge >= 0.3 is 5.97 Å². The Bertz CT molecular complexity index is 315. The molecule has 1 rings (SSSR count). The third-order valence-corrected chi connectivity index (χ3v) is 5.88. The van der Waals surface area contributed by atoms with Crippen molar-refractivity contribution in [2.24, 2.45) is 5.73 Å². The first-order chi connectivity index (χ1) is 8.89. The lowest BCUT2D eigenvalue weighted by Crippen LogP contribution is -2.33. The normalized spacial score (nSPS) is 19.4. The van der Waals surface area contributed by atoms with Crippen LogP contribution in [0.5, 0.6) is 0 Å². The van der Waals surface area contributed by atoms with Gasteiger partial charge in [-0.05, 0) is 33.1 Å². The van der Waals surface area contributed by atoms with E-state index < -0.39 is 11.5 Å². The summed E-state index contributed by atoms with van der Waals surface area (Å²) >= 11 is 0. The highest BCUT2D eigenvalue weighted by Crippen LogP contribution is 2.39. The maximum Gasteiger partial charge on any atom is 0.306 e. The Hall–Kier alpha value is -0.360. The molecular weight excluding hydrogens is 282 g/mol. The zero-order valence-corrected chi connectivity index (χ0v) is 13.3. The summed E-state index contributed by atoms with van der Waals surface area (Å²) in [6, 6.07) is 0. The second kappa shape index (κ2) is 8.04. The van der Waals surface area contributed by atoms with Crippen LogP contribution < -0.4 is 5.73 Å². The number of nitrogens with two attached hydrogens (primary N) is 1. The van der Waals surface area contributed by atoms with Gasteiger partial charge in [-0.1, -0.05) is 28.0 Å². The van der Waals surface area contributed by atoms with Crippen LogP contribution in [0.25, 0.3) is 0 Å². The summed E-state index contributed by atoms with van der Waals surface area (Å²) < 4.78 is 5.27. The lowest BCUT2D eigenvalue weighted by molar-refractivity contribution is -0.158. The molecule has 1 amide bonds. The Kier molecular flexibility index (Phi) is 7.07. The number of amides is 1. The number of hydrogen-bond donors (Lipinski definition) is 1. The number of ether oxygens (including phenoxy) is 1. The van der Waals surface area contributed by atoms with Crippen molar-refractivity contribution in [2.45, 2.75) is 63.2 Å². The van der Waals surface area contributed by atoms with E-state index in [-0.39, 0.29) is 12.4 Å². The zero-order valence-electron chi connectivity index (χ0n) is 11.6. The number of hydrogen-bond acceptors (Lipinski definition) is 5. The molecule has 1 aliphatic heterocycles. The van der Waals surface area contributed by atoms with Crippen LogP contribution in [-0.2, 0) is 14.3 Å². The van der Waals surface area contributed by atoms with Gasteiger partial charge in [0.05, 0.1) is 6.42 Å². The molecule has 1 fully saturated rings. The van der Waals surface area contributed by atoms with Crippen molar-refractivity contribution in [3.8, 4) is 0 Å². The maximum atomic E-state index is 11.7. The summed E-state index contributed by atoms with van der Waals surface area (Å²) in [5.41, 5.74) is 4.32. The van der Waals surface area contributed by atoms with Crippen LogP contribution in [0.2, 0.25) is 0 Å². The molecule has 0 aromatic rings. The molecule has 19 heavy (non-hydrogen) atoms. The van der Waals surface area contributed by atoms with E-state index in [0.717, 1.165) is 18.1 Å². The summed E-state index contributed by atoms with van der Waals surface area (Å²) in [5, 5.41) is 0.757. The van der Waals surface area contributed by atoms with Gasteiger partial charge in [-0.25, -0.2) is 0 Å². The van der Waals surface area contributed by atoms with Crippen molar-refractivity contribution >= 4 is 33.5 Å². The predicted octanol–water partition coefficient (Wildman–Crippen LogP) is 2.90. The van der Waals surface area contributed by atoms with Crippen molar-refractivity contribution in [3.05, 3.63) is 0 Å². The van der Waals surface area contributed by atoms with E-state index in [0.29, 0.717) is 6.42 Å². The van der Waals surface area contributed by atoms with E-state index in [1.54, 1.807) is 13.8 Å². The molecule has 1 saturated heterocycles. The molecule has 0 radical (unpaired) electrons. The number of carbonyl (C=O) groups excluding carboxylic acids is 2. The molecular formula is C13H23NO3S2. The average molecular weight is 305 g/mol. The van der Waals surface area contributed by atoms with Crippen molar-refractivity contribution in [1.82, 2.24) is 0 Å². The van der Waals surface area contributed by atoms with E-state index in [4.69, 9.17) is 10.5 Å². The molecule has 0 aromatic heterocycles. The number of primary amides is 1. The molecule has 1 heterocycles. The minimum atomic E-state index is -0.791. The van der Waals surface area contributed by atoms with Crippen LogP contribution in [0.1, 0.15) is 52.4 Å². The smallest absolute Gasteiger partial charge is 0.306 e. The van der Waals surface area contributed by atoms with Gasteiger partial charge in [-0.15, -0.1) is 0 Å². The minimum absolute atomic E-state index is 0.0642. The van der Waals surface area contributed by atoms with Crippen molar-refractivity contribution in [3.63, 3.8) is 0 Å². The highest BCUT2D eigenvalue weighted by Gasteiger charge is 2.25. The fourth-order valence-electron chi connectivity index (χ4n) is 2.02. The second-order valence-corrected chi connectivity index (χ2v) is 8.24. The van der Waals surface area contributed by atoms with Crippen molar-refractivity contribution < 1.29 is 14.3 Å². The zero-order chi connectivity index (χ0) is 14.3. The first-order valence-electron chi connectivity index (χ1n) is 6.67. The number of esters is 1. The Labute approximate surface area is 123 Å². The van der Waals surface area contributed by atoms with E-state index in [1.807, 2.05) is 21.6 Å². The molecule has 0 aliphatic carbocycles. The minimum Gasteiger partial charge on any atom is -0.459 e. The number of rotatable bonds is 8. The lowest BCUT2D eigenvalue weighted by atomic mass is 10.0. The Morgan fingerprint density at radius 1 is 1.37 bits per heavy atom. The van der Waals surface area contributed by atoms with E-state index in [2.05, 4.69) is 0 Å². The van der Waals surface area contributed by atoms with E-state index in [1.165, 1.54) is 18.6 Å². The Morgan fingerprint density at radius 3 is 2.68 bits per heavy atom. The molecule has 0 saturated carbocycles. The van der Waals surface area contributed by atoms with Crippen molar-refractivity contribution in [1.29, 1.82) is 0 Å². The van der Waals surface area contributed by atoms with Gasteiger partial charge in [0.1, 0.15) is 5.60 Å². The molecule has 2 N–H and O–H groups in total. The van der Waals surface area contributed by atoms with Crippen LogP contribution in [0, 0.1) is 0 Å². The third kappa shape index (κ3) is 7.72. The molecule has 6 heteroatoms. The van der Waals surface area contributed by atoms with Gasteiger partial charge < -0.3 is 10.5 Å².